The van der Waals surface area contributed by atoms with E-state index >= 15 is 0 Å². The van der Waals surface area contributed by atoms with Crippen LogP contribution in [0.5, 0.6) is 0 Å². The molecule has 0 saturated carbocycles. The Labute approximate surface area is 224 Å². The fourth-order valence-electron chi connectivity index (χ4n) is 6.13. The molecule has 39 heavy (non-hydrogen) atoms. The molecule has 5 heterocycles. The molecule has 2 aromatic heterocycles. The van der Waals surface area contributed by atoms with Gasteiger partial charge in [-0.1, -0.05) is 0 Å². The lowest BCUT2D eigenvalue weighted by Gasteiger charge is -2.26. The van der Waals surface area contributed by atoms with E-state index in [1.165, 1.54) is 6.07 Å². The second-order valence-electron chi connectivity index (χ2n) is 10.5. The molecule has 3 saturated heterocycles. The Hall–Kier alpha value is -4.02. The zero-order valence-electron chi connectivity index (χ0n) is 21.8. The average Bonchev–Trinajstić information content (AvgIpc) is 3.66. The van der Waals surface area contributed by atoms with Gasteiger partial charge in [0.1, 0.15) is 34.8 Å². The van der Waals surface area contributed by atoms with Gasteiger partial charge in [0.15, 0.2) is 5.65 Å². The maximum Gasteiger partial charge on any atom is 0.322 e. The molecule has 3 aliphatic heterocycles. The first-order valence-corrected chi connectivity index (χ1v) is 13.1. The second kappa shape index (κ2) is 9.94. The zero-order valence-corrected chi connectivity index (χ0v) is 21.8. The van der Waals surface area contributed by atoms with Crippen LogP contribution in [0.3, 0.4) is 0 Å². The van der Waals surface area contributed by atoms with E-state index in [4.69, 9.17) is 4.98 Å². The maximum atomic E-state index is 14.6. The number of hydrogen-bond donors (Lipinski definition) is 1. The largest absolute Gasteiger partial charge is 0.367 e. The third-order valence-electron chi connectivity index (χ3n) is 8.26. The van der Waals surface area contributed by atoms with Crippen LogP contribution in [-0.2, 0) is 4.79 Å². The molecule has 1 aromatic carbocycles. The first-order chi connectivity index (χ1) is 18.8. The molecular weight excluding hydrogens is 506 g/mol. The van der Waals surface area contributed by atoms with Crippen LogP contribution in [0.2, 0.25) is 0 Å². The fraction of sp³-hybridized carbons (Fsp3) is 0.444. The van der Waals surface area contributed by atoms with Gasteiger partial charge in [-0.2, -0.15) is 5.10 Å². The number of carbonyl (C=O) groups excluding carboxylic acids is 2. The Balaban J connectivity index is 1.24. The van der Waals surface area contributed by atoms with Gasteiger partial charge < -0.3 is 20.0 Å². The number of urea groups is 1. The van der Waals surface area contributed by atoms with E-state index in [0.717, 1.165) is 31.6 Å². The van der Waals surface area contributed by atoms with Crippen molar-refractivity contribution in [3.8, 4) is 0 Å². The Morgan fingerprint density at radius 1 is 1.13 bits per heavy atom. The SMILES string of the molecule is CN1CCN(C)C2CN(C(=O)Nc3cnn4ccc(N5CCC[C@@H]5c5cc(F)ccc5F)nc34)CC2C1=C=O. The van der Waals surface area contributed by atoms with Gasteiger partial charge in [0.2, 0.25) is 0 Å². The molecular formula is C27H30F2N8O2. The minimum atomic E-state index is -0.478. The van der Waals surface area contributed by atoms with Crippen molar-refractivity contribution in [2.45, 2.75) is 24.9 Å². The van der Waals surface area contributed by atoms with E-state index in [1.54, 1.807) is 27.9 Å². The summed E-state index contributed by atoms with van der Waals surface area (Å²) in [5, 5.41) is 7.26. The Morgan fingerprint density at radius 3 is 2.79 bits per heavy atom. The Bertz CT molecular complexity index is 1470. The molecule has 12 heteroatoms. The summed E-state index contributed by atoms with van der Waals surface area (Å²) in [6, 6.07) is 4.69. The van der Waals surface area contributed by atoms with Crippen LogP contribution in [0.15, 0.2) is 42.4 Å². The minimum absolute atomic E-state index is 0.0288. The van der Waals surface area contributed by atoms with Gasteiger partial charge in [0.05, 0.1) is 12.2 Å². The highest BCUT2D eigenvalue weighted by atomic mass is 19.1. The van der Waals surface area contributed by atoms with Crippen LogP contribution in [0.4, 0.5) is 25.1 Å². The summed E-state index contributed by atoms with van der Waals surface area (Å²) >= 11 is 0. The summed E-state index contributed by atoms with van der Waals surface area (Å²) < 4.78 is 30.1. The summed E-state index contributed by atoms with van der Waals surface area (Å²) in [6.07, 6.45) is 4.77. The van der Waals surface area contributed by atoms with Gasteiger partial charge in [0, 0.05) is 63.5 Å². The molecule has 2 amide bonds. The van der Waals surface area contributed by atoms with Crippen molar-refractivity contribution >= 4 is 29.1 Å². The molecule has 10 nitrogen and oxygen atoms in total. The number of fused-ring (bicyclic) bond motifs is 2. The number of rotatable bonds is 3. The molecule has 6 rings (SSSR count). The Kier molecular flexibility index (Phi) is 6.44. The smallest absolute Gasteiger partial charge is 0.322 e. The van der Waals surface area contributed by atoms with Gasteiger partial charge in [-0.25, -0.2) is 27.9 Å². The first-order valence-electron chi connectivity index (χ1n) is 13.1. The normalized spacial score (nSPS) is 23.7. The summed E-state index contributed by atoms with van der Waals surface area (Å²) in [4.78, 5) is 37.6. The molecule has 0 aliphatic carbocycles. The summed E-state index contributed by atoms with van der Waals surface area (Å²) in [5.74, 6) is 1.66. The van der Waals surface area contributed by atoms with Crippen LogP contribution >= 0.6 is 0 Å². The Morgan fingerprint density at radius 2 is 1.97 bits per heavy atom. The highest BCUT2D eigenvalue weighted by Crippen LogP contribution is 2.37. The van der Waals surface area contributed by atoms with E-state index in [0.29, 0.717) is 54.5 Å². The number of anilines is 2. The monoisotopic (exact) mass is 536 g/mol. The fourth-order valence-corrected chi connectivity index (χ4v) is 6.13. The molecule has 3 aliphatic rings. The van der Waals surface area contributed by atoms with E-state index in [2.05, 4.69) is 21.3 Å². The minimum Gasteiger partial charge on any atom is -0.367 e. The van der Waals surface area contributed by atoms with E-state index in [1.807, 2.05) is 23.9 Å². The summed E-state index contributed by atoms with van der Waals surface area (Å²) in [6.45, 7) is 3.06. The number of likely N-dealkylation sites (N-methyl/N-ethyl adjacent to an activating group) is 2. The van der Waals surface area contributed by atoms with Crippen LogP contribution < -0.4 is 10.2 Å². The number of nitrogens with zero attached hydrogens (tertiary/aromatic N) is 7. The molecule has 0 radical (unpaired) electrons. The quantitative estimate of drug-likeness (QED) is 0.515. The molecule has 3 fully saturated rings. The lowest BCUT2D eigenvalue weighted by Crippen LogP contribution is -2.39. The number of benzene rings is 1. The number of amides is 2. The predicted octanol–water partition coefficient (Wildman–Crippen LogP) is 2.77. The predicted molar refractivity (Wildman–Crippen MR) is 141 cm³/mol. The van der Waals surface area contributed by atoms with Crippen LogP contribution in [0.25, 0.3) is 5.65 Å². The maximum absolute atomic E-state index is 14.6. The summed E-state index contributed by atoms with van der Waals surface area (Å²) in [7, 11) is 3.90. The highest BCUT2D eigenvalue weighted by Gasteiger charge is 2.43. The van der Waals surface area contributed by atoms with Crippen LogP contribution in [0, 0.1) is 17.6 Å². The van der Waals surface area contributed by atoms with E-state index in [9.17, 15) is 18.4 Å². The van der Waals surface area contributed by atoms with Crippen molar-refractivity contribution in [3.05, 3.63) is 59.6 Å². The number of nitrogens with one attached hydrogen (secondary N) is 1. The number of likely N-dealkylation sites (tertiary alicyclic amines) is 1. The molecule has 204 valence electrons. The molecule has 3 atom stereocenters. The van der Waals surface area contributed by atoms with Crippen molar-refractivity contribution < 1.29 is 18.4 Å². The lowest BCUT2D eigenvalue weighted by atomic mass is 9.99. The number of halogens is 2. The van der Waals surface area contributed by atoms with Crippen molar-refractivity contribution in [3.63, 3.8) is 0 Å². The third kappa shape index (κ3) is 4.49. The van der Waals surface area contributed by atoms with Gasteiger partial charge in [-0.3, -0.25) is 4.90 Å². The van der Waals surface area contributed by atoms with Gasteiger partial charge in [0.25, 0.3) is 0 Å². The lowest BCUT2D eigenvalue weighted by molar-refractivity contribution is 0.209. The number of hydrogen-bond acceptors (Lipinski definition) is 7. The molecule has 0 bridgehead atoms. The van der Waals surface area contributed by atoms with Gasteiger partial charge >= 0.3 is 6.03 Å². The van der Waals surface area contributed by atoms with E-state index < -0.39 is 11.6 Å². The zero-order chi connectivity index (χ0) is 27.3. The van der Waals surface area contributed by atoms with Crippen molar-refractivity contribution in [2.75, 3.05) is 57.0 Å². The molecule has 0 spiro atoms. The van der Waals surface area contributed by atoms with Crippen molar-refractivity contribution in [1.29, 1.82) is 0 Å². The van der Waals surface area contributed by atoms with E-state index in [-0.39, 0.29) is 24.0 Å². The highest BCUT2D eigenvalue weighted by molar-refractivity contribution is 5.93. The van der Waals surface area contributed by atoms with Crippen LogP contribution in [-0.4, -0.2) is 94.1 Å². The molecule has 2 unspecified atom stereocenters. The average molecular weight is 537 g/mol. The van der Waals surface area contributed by atoms with Crippen LogP contribution in [0.1, 0.15) is 24.4 Å². The third-order valence-corrected chi connectivity index (χ3v) is 8.26. The topological polar surface area (TPSA) is 89.3 Å². The number of aromatic nitrogens is 3. The first kappa shape index (κ1) is 25.3. The second-order valence-corrected chi connectivity index (χ2v) is 10.5. The molecule has 1 N–H and O–H groups in total. The van der Waals surface area contributed by atoms with Gasteiger partial charge in [-0.15, -0.1) is 0 Å². The standard InChI is InChI=1S/C27H30F2N8O2/c1-33-10-11-34(2)24(16-38)19-14-35(15-23(19)33)27(39)31-21-13-30-37-9-7-25(32-26(21)37)36-8-3-4-22(36)18-12-17(28)5-6-20(18)29/h5-7,9,12-13,19,22-23H,3-4,8,10-11,14-15H2,1-2H3,(H,31,39)/t19?,22-,23?/m1/s1. The van der Waals surface area contributed by atoms with Gasteiger partial charge in [-0.05, 0) is 44.2 Å². The number of carbonyl (C=O) groups is 1. The van der Waals surface area contributed by atoms with Crippen molar-refractivity contribution in [1.82, 2.24) is 29.3 Å². The van der Waals surface area contributed by atoms with Crippen molar-refractivity contribution in [2.24, 2.45) is 5.92 Å². The molecule has 3 aromatic rings. The summed E-state index contributed by atoms with van der Waals surface area (Å²) in [5.41, 5.74) is 1.79.